The van der Waals surface area contributed by atoms with Crippen molar-refractivity contribution in [2.45, 2.75) is 125 Å². The van der Waals surface area contributed by atoms with E-state index in [0.717, 1.165) is 84.2 Å². The van der Waals surface area contributed by atoms with Crippen molar-refractivity contribution < 1.29 is 27.2 Å². The third-order valence-corrected chi connectivity index (χ3v) is 12.5. The van der Waals surface area contributed by atoms with Crippen LogP contribution < -0.4 is 26.8 Å². The maximum absolute atomic E-state index is 12.6. The highest BCUT2D eigenvalue weighted by Crippen LogP contribution is 2.27. The largest absolute Gasteiger partial charge is 0.426 e. The minimum atomic E-state index is -3.55. The van der Waals surface area contributed by atoms with Crippen molar-refractivity contribution in [1.29, 1.82) is 0 Å². The summed E-state index contributed by atoms with van der Waals surface area (Å²) < 4.78 is 36.4. The fraction of sp³-hybridized carbons (Fsp3) is 0.522. The van der Waals surface area contributed by atoms with Crippen LogP contribution in [0.4, 0.5) is 0 Å². The minimum absolute atomic E-state index is 0.0399. The molecule has 0 unspecified atom stereocenters. The third-order valence-electron chi connectivity index (χ3n) is 9.66. The number of furan rings is 1. The molecule has 6 N–H and O–H groups in total. The summed E-state index contributed by atoms with van der Waals surface area (Å²) in [6, 6.07) is 22.7. The molecule has 0 aliphatic carbocycles. The zero-order valence-electron chi connectivity index (χ0n) is 34.5. The first-order valence-electron chi connectivity index (χ1n) is 21.4. The van der Waals surface area contributed by atoms with Crippen LogP contribution in [0, 0.1) is 0 Å². The zero-order chi connectivity index (χ0) is 41.5. The molecule has 0 spiro atoms. The molecule has 320 valence electrons. The lowest BCUT2D eigenvalue weighted by atomic mass is 10.1. The number of ether oxygens (including phenoxy) is 1. The van der Waals surface area contributed by atoms with Crippen molar-refractivity contribution in [3.05, 3.63) is 94.9 Å². The van der Waals surface area contributed by atoms with Crippen molar-refractivity contribution >= 4 is 32.7 Å². The zero-order valence-corrected chi connectivity index (χ0v) is 36.1. The summed E-state index contributed by atoms with van der Waals surface area (Å²) in [4.78, 5) is 25.6. The van der Waals surface area contributed by atoms with Crippen LogP contribution >= 0.6 is 11.3 Å². The summed E-state index contributed by atoms with van der Waals surface area (Å²) in [5.74, 6) is 1.52. The number of unbranched alkanes of at least 4 members (excludes halogenated alkanes) is 12. The van der Waals surface area contributed by atoms with Gasteiger partial charge in [-0.25, -0.2) is 8.42 Å². The van der Waals surface area contributed by atoms with Gasteiger partial charge in [0, 0.05) is 24.3 Å². The van der Waals surface area contributed by atoms with Crippen LogP contribution in [0.25, 0.3) is 0 Å². The Kier molecular flexibility index (Phi) is 25.5. The van der Waals surface area contributed by atoms with E-state index < -0.39 is 9.84 Å². The molecule has 2 aromatic heterocycles. The molecule has 0 radical (unpaired) electrons. The molecule has 10 nitrogen and oxygen atoms in total. The first kappa shape index (κ1) is 48.7. The summed E-state index contributed by atoms with van der Waals surface area (Å²) in [6.07, 6.45) is 19.2. The molecule has 0 bridgehead atoms. The van der Waals surface area contributed by atoms with Gasteiger partial charge in [-0.1, -0.05) is 101 Å². The second-order valence-corrected chi connectivity index (χ2v) is 17.4. The van der Waals surface area contributed by atoms with Crippen LogP contribution in [0.2, 0.25) is 0 Å². The van der Waals surface area contributed by atoms with E-state index in [-0.39, 0.29) is 21.4 Å². The van der Waals surface area contributed by atoms with Crippen LogP contribution in [0.15, 0.2) is 98.5 Å². The van der Waals surface area contributed by atoms with Gasteiger partial charge in [-0.15, -0.1) is 11.3 Å². The molecule has 0 saturated carbocycles. The fourth-order valence-electron chi connectivity index (χ4n) is 6.26. The van der Waals surface area contributed by atoms with E-state index in [1.54, 1.807) is 47.8 Å². The van der Waals surface area contributed by atoms with Gasteiger partial charge in [0.2, 0.25) is 9.84 Å². The van der Waals surface area contributed by atoms with Crippen molar-refractivity contribution in [3.8, 4) is 11.7 Å². The third kappa shape index (κ3) is 20.4. The van der Waals surface area contributed by atoms with Gasteiger partial charge in [-0.3, -0.25) is 9.59 Å². The molecule has 4 aromatic rings. The van der Waals surface area contributed by atoms with E-state index >= 15 is 0 Å². The van der Waals surface area contributed by atoms with Gasteiger partial charge in [-0.05, 0) is 114 Å². The van der Waals surface area contributed by atoms with Crippen LogP contribution in [-0.4, -0.2) is 59.3 Å². The quantitative estimate of drug-likeness (QED) is 0.0275. The second kappa shape index (κ2) is 30.4. The molecule has 0 saturated heterocycles. The highest BCUT2D eigenvalue weighted by Gasteiger charge is 2.21. The maximum atomic E-state index is 12.6. The topological polar surface area (TPSA) is 167 Å². The first-order chi connectivity index (χ1) is 28.3. The average Bonchev–Trinajstić information content (AvgIpc) is 3.94. The number of para-hydroxylation sites is 1. The molecule has 2 heterocycles. The number of hydrogen-bond donors (Lipinski definition) is 4. The Morgan fingerprint density at radius 1 is 0.569 bits per heavy atom. The van der Waals surface area contributed by atoms with E-state index in [4.69, 9.17) is 20.6 Å². The summed E-state index contributed by atoms with van der Waals surface area (Å²) in [5.41, 5.74) is 10.9. The summed E-state index contributed by atoms with van der Waals surface area (Å²) >= 11 is 1.22. The Labute approximate surface area is 351 Å². The van der Waals surface area contributed by atoms with Crippen molar-refractivity contribution in [2.75, 3.05) is 39.3 Å². The van der Waals surface area contributed by atoms with Crippen molar-refractivity contribution in [1.82, 2.24) is 10.6 Å². The normalized spacial score (nSPS) is 11.3. The molecular formula is C46H68N4O6S2. The first-order valence-corrected chi connectivity index (χ1v) is 23.8. The van der Waals surface area contributed by atoms with E-state index in [9.17, 15) is 18.0 Å². The lowest BCUT2D eigenvalue weighted by molar-refractivity contribution is 0.0945. The number of thiophene rings is 1. The van der Waals surface area contributed by atoms with Gasteiger partial charge in [0.25, 0.3) is 5.95 Å². The molecule has 0 amide bonds. The SMILES string of the molecule is NCCCNCCCCCCCCCC(=O)c1cc(S(=O)(=O)c2ccccc2)cs1.NCCCNCCCCCCCCCC(=O)c1ccc(Oc2ccccc2)o1. The number of Topliss-reactive ketones (excluding diaryl/α,β-unsaturated/α-hetero) is 2. The molecule has 12 heteroatoms. The lowest BCUT2D eigenvalue weighted by Gasteiger charge is -2.04. The van der Waals surface area contributed by atoms with Crippen LogP contribution in [-0.2, 0) is 9.84 Å². The lowest BCUT2D eigenvalue weighted by Crippen LogP contribution is -2.19. The van der Waals surface area contributed by atoms with Crippen LogP contribution in [0.1, 0.15) is 136 Å². The summed E-state index contributed by atoms with van der Waals surface area (Å²) in [7, 11) is -3.55. The molecule has 0 atom stereocenters. The fourth-order valence-corrected chi connectivity index (χ4v) is 8.79. The predicted molar refractivity (Wildman–Crippen MR) is 237 cm³/mol. The number of nitrogens with one attached hydrogen (secondary N) is 2. The van der Waals surface area contributed by atoms with E-state index in [0.29, 0.717) is 35.2 Å². The molecule has 0 aliphatic rings. The monoisotopic (exact) mass is 836 g/mol. The molecule has 0 aliphatic heterocycles. The summed E-state index contributed by atoms with van der Waals surface area (Å²) in [6.45, 7) is 5.70. The number of nitrogens with two attached hydrogens (primary N) is 2. The smallest absolute Gasteiger partial charge is 0.290 e. The molecular weight excluding hydrogens is 769 g/mol. The number of benzene rings is 2. The van der Waals surface area contributed by atoms with Gasteiger partial charge in [-0.2, -0.15) is 0 Å². The van der Waals surface area contributed by atoms with Gasteiger partial charge in [0.15, 0.2) is 17.3 Å². The van der Waals surface area contributed by atoms with Gasteiger partial charge < -0.3 is 31.3 Å². The number of sulfone groups is 1. The van der Waals surface area contributed by atoms with Crippen molar-refractivity contribution in [3.63, 3.8) is 0 Å². The predicted octanol–water partition coefficient (Wildman–Crippen LogP) is 10.1. The standard InChI is InChI=1S/C23H34N2O3S2.C23H34N2O3/c24-15-11-17-25-16-10-5-3-1-2-4-9-14-22(26)23-18-21(19-29-23)30(27,28)20-12-7-6-8-13-20;24-17-11-19-25-18-10-5-3-1-2-4-9-14-21(26)22-15-16-23(28-22)27-20-12-7-6-8-13-20/h6-8,12-13,18-19,25H,1-5,9-11,14-17,24H2;6-8,12-13,15-16,25H,1-5,9-11,14,17-19,24H2. The second-order valence-electron chi connectivity index (χ2n) is 14.6. The van der Waals surface area contributed by atoms with Gasteiger partial charge in [0.05, 0.1) is 14.7 Å². The maximum Gasteiger partial charge on any atom is 0.290 e. The summed E-state index contributed by atoms with van der Waals surface area (Å²) in [5, 5.41) is 8.37. The minimum Gasteiger partial charge on any atom is -0.426 e. The van der Waals surface area contributed by atoms with E-state index in [2.05, 4.69) is 10.6 Å². The molecule has 4 rings (SSSR count). The Balaban J connectivity index is 0.000000311. The van der Waals surface area contributed by atoms with Crippen molar-refractivity contribution in [2.24, 2.45) is 11.5 Å². The number of carbonyl (C=O) groups is 2. The Bertz CT molecular complexity index is 1760. The van der Waals surface area contributed by atoms with Gasteiger partial charge in [0.1, 0.15) is 5.75 Å². The number of ketones is 2. The molecule has 2 aromatic carbocycles. The Morgan fingerprint density at radius 2 is 1.05 bits per heavy atom. The van der Waals surface area contributed by atoms with Crippen LogP contribution in [0.5, 0.6) is 11.7 Å². The van der Waals surface area contributed by atoms with E-state index in [1.165, 1.54) is 75.2 Å². The number of rotatable bonds is 32. The highest BCUT2D eigenvalue weighted by atomic mass is 32.2. The molecule has 0 fully saturated rings. The Hall–Kier alpha value is -3.65. The van der Waals surface area contributed by atoms with Gasteiger partial charge >= 0.3 is 0 Å². The number of hydrogen-bond acceptors (Lipinski definition) is 11. The average molecular weight is 837 g/mol. The van der Waals surface area contributed by atoms with Crippen LogP contribution in [0.3, 0.4) is 0 Å². The van der Waals surface area contributed by atoms with E-state index in [1.807, 2.05) is 30.3 Å². The highest BCUT2D eigenvalue weighted by molar-refractivity contribution is 7.91. The Morgan fingerprint density at radius 3 is 1.60 bits per heavy atom. The number of carbonyl (C=O) groups excluding carboxylic acids is 2. The molecule has 58 heavy (non-hydrogen) atoms.